The number of nitrogens with zero attached hydrogens (tertiary/aromatic N) is 2. The molecule has 2 aromatic heterocycles. The van der Waals surface area contributed by atoms with Crippen molar-refractivity contribution in [3.05, 3.63) is 65.1 Å². The molecule has 4 heteroatoms. The third-order valence-electron chi connectivity index (χ3n) is 3.52. The minimum absolute atomic E-state index is 0.555. The van der Waals surface area contributed by atoms with Gasteiger partial charge in [-0.05, 0) is 35.4 Å². The van der Waals surface area contributed by atoms with Crippen molar-refractivity contribution in [1.29, 1.82) is 0 Å². The zero-order valence-electron chi connectivity index (χ0n) is 11.7. The molecule has 0 aliphatic carbocycles. The minimum Gasteiger partial charge on any atom is -0.481 e. The van der Waals surface area contributed by atoms with Crippen LogP contribution >= 0.6 is 11.6 Å². The normalized spacial score (nSPS) is 10.8. The fourth-order valence-corrected chi connectivity index (χ4v) is 2.63. The molecule has 0 fully saturated rings. The molecule has 0 aliphatic rings. The molecule has 106 valence electrons. The van der Waals surface area contributed by atoms with E-state index in [0.29, 0.717) is 11.0 Å². The highest BCUT2D eigenvalue weighted by Gasteiger charge is 2.06. The van der Waals surface area contributed by atoms with Crippen molar-refractivity contribution in [2.75, 3.05) is 7.11 Å². The second-order valence-corrected chi connectivity index (χ2v) is 5.18. The molecular formula is C17H15ClN2O. The van der Waals surface area contributed by atoms with Gasteiger partial charge in [-0.1, -0.05) is 35.9 Å². The van der Waals surface area contributed by atoms with Gasteiger partial charge in [0.2, 0.25) is 5.88 Å². The first-order valence-corrected chi connectivity index (χ1v) is 7.17. The molecule has 0 atom stereocenters. The summed E-state index contributed by atoms with van der Waals surface area (Å²) >= 11 is 6.15. The van der Waals surface area contributed by atoms with Gasteiger partial charge in [-0.15, -0.1) is 0 Å². The van der Waals surface area contributed by atoms with E-state index in [0.717, 1.165) is 18.2 Å². The highest BCUT2D eigenvalue weighted by Crippen LogP contribution is 2.25. The molecule has 2 heterocycles. The summed E-state index contributed by atoms with van der Waals surface area (Å²) in [4.78, 5) is 8.40. The summed E-state index contributed by atoms with van der Waals surface area (Å²) in [7, 11) is 1.63. The lowest BCUT2D eigenvalue weighted by Crippen LogP contribution is -1.96. The molecule has 0 saturated heterocycles. The van der Waals surface area contributed by atoms with Gasteiger partial charge in [0.1, 0.15) is 5.15 Å². The van der Waals surface area contributed by atoms with Crippen LogP contribution < -0.4 is 4.74 Å². The van der Waals surface area contributed by atoms with E-state index < -0.39 is 0 Å². The van der Waals surface area contributed by atoms with Crippen LogP contribution in [0, 0.1) is 0 Å². The molecule has 0 saturated carbocycles. The van der Waals surface area contributed by atoms with Gasteiger partial charge in [0.25, 0.3) is 0 Å². The lowest BCUT2D eigenvalue weighted by molar-refractivity contribution is 0.397. The van der Waals surface area contributed by atoms with Crippen LogP contribution in [0.25, 0.3) is 10.8 Å². The molecule has 0 N–H and O–H groups in total. The zero-order valence-corrected chi connectivity index (χ0v) is 12.5. The van der Waals surface area contributed by atoms with Crippen molar-refractivity contribution < 1.29 is 4.74 Å². The van der Waals surface area contributed by atoms with E-state index in [9.17, 15) is 0 Å². The SMILES string of the molecule is COc1cc(CCc2cnc(Cl)c3ccccc23)ccn1. The van der Waals surface area contributed by atoms with Crippen LogP contribution in [0.4, 0.5) is 0 Å². The number of rotatable bonds is 4. The predicted molar refractivity (Wildman–Crippen MR) is 85.0 cm³/mol. The van der Waals surface area contributed by atoms with Gasteiger partial charge in [-0.25, -0.2) is 9.97 Å². The molecule has 1 aromatic carbocycles. The number of aryl methyl sites for hydroxylation is 2. The molecule has 0 amide bonds. The standard InChI is InChI=1S/C17H15ClN2O/c1-21-16-10-12(8-9-19-16)6-7-13-11-20-17(18)15-5-3-2-4-14(13)15/h2-5,8-11H,6-7H2,1H3. The molecule has 3 nitrogen and oxygen atoms in total. The monoisotopic (exact) mass is 298 g/mol. The molecule has 0 bridgehead atoms. The summed E-state index contributed by atoms with van der Waals surface area (Å²) in [6.07, 6.45) is 5.44. The Morgan fingerprint density at radius 2 is 1.86 bits per heavy atom. The smallest absolute Gasteiger partial charge is 0.213 e. The fraction of sp³-hybridized carbons (Fsp3) is 0.176. The fourth-order valence-electron chi connectivity index (χ4n) is 2.41. The highest BCUT2D eigenvalue weighted by molar-refractivity contribution is 6.34. The zero-order chi connectivity index (χ0) is 14.7. The van der Waals surface area contributed by atoms with Crippen molar-refractivity contribution in [2.45, 2.75) is 12.8 Å². The number of ether oxygens (including phenoxy) is 1. The average Bonchev–Trinajstić information content (AvgIpc) is 2.55. The lowest BCUT2D eigenvalue weighted by atomic mass is 10.0. The first-order valence-electron chi connectivity index (χ1n) is 6.79. The van der Waals surface area contributed by atoms with Gasteiger partial charge in [-0.2, -0.15) is 0 Å². The number of benzene rings is 1. The van der Waals surface area contributed by atoms with Crippen molar-refractivity contribution in [1.82, 2.24) is 9.97 Å². The Hall–Kier alpha value is -2.13. The number of fused-ring (bicyclic) bond motifs is 1. The van der Waals surface area contributed by atoms with Crippen LogP contribution in [0.1, 0.15) is 11.1 Å². The Labute approximate surface area is 128 Å². The summed E-state index contributed by atoms with van der Waals surface area (Å²) in [6, 6.07) is 12.1. The van der Waals surface area contributed by atoms with Gasteiger partial charge in [0, 0.05) is 23.8 Å². The first-order chi connectivity index (χ1) is 10.3. The van der Waals surface area contributed by atoms with Gasteiger partial charge in [0.05, 0.1) is 7.11 Å². The van der Waals surface area contributed by atoms with E-state index in [1.807, 2.05) is 36.5 Å². The highest BCUT2D eigenvalue weighted by atomic mass is 35.5. The molecule has 3 aromatic rings. The second kappa shape index (κ2) is 6.10. The van der Waals surface area contributed by atoms with Crippen molar-refractivity contribution >= 4 is 22.4 Å². The van der Waals surface area contributed by atoms with Crippen LogP contribution in [-0.2, 0) is 12.8 Å². The Bertz CT molecular complexity index is 774. The summed E-state index contributed by atoms with van der Waals surface area (Å²) in [5.74, 6) is 0.645. The van der Waals surface area contributed by atoms with E-state index in [1.54, 1.807) is 13.3 Å². The van der Waals surface area contributed by atoms with Crippen molar-refractivity contribution in [2.24, 2.45) is 0 Å². The molecule has 21 heavy (non-hydrogen) atoms. The number of hydrogen-bond donors (Lipinski definition) is 0. The van der Waals surface area contributed by atoms with Crippen LogP contribution in [0.2, 0.25) is 5.15 Å². The second-order valence-electron chi connectivity index (χ2n) is 4.83. The maximum atomic E-state index is 6.15. The van der Waals surface area contributed by atoms with Gasteiger partial charge < -0.3 is 4.74 Å². The van der Waals surface area contributed by atoms with Crippen molar-refractivity contribution in [3.8, 4) is 5.88 Å². The van der Waals surface area contributed by atoms with E-state index in [2.05, 4.69) is 16.0 Å². The molecule has 0 unspecified atom stereocenters. The summed E-state index contributed by atoms with van der Waals surface area (Å²) in [6.45, 7) is 0. The number of aromatic nitrogens is 2. The molecule has 0 aliphatic heterocycles. The maximum absolute atomic E-state index is 6.15. The summed E-state index contributed by atoms with van der Waals surface area (Å²) < 4.78 is 5.15. The number of pyridine rings is 2. The maximum Gasteiger partial charge on any atom is 0.213 e. The molecular weight excluding hydrogens is 284 g/mol. The number of methoxy groups -OCH3 is 1. The predicted octanol–water partition coefficient (Wildman–Crippen LogP) is 4.08. The van der Waals surface area contributed by atoms with Crippen molar-refractivity contribution in [3.63, 3.8) is 0 Å². The lowest BCUT2D eigenvalue weighted by Gasteiger charge is -2.08. The van der Waals surface area contributed by atoms with E-state index in [-0.39, 0.29) is 0 Å². The van der Waals surface area contributed by atoms with Gasteiger partial charge in [-0.3, -0.25) is 0 Å². The summed E-state index contributed by atoms with van der Waals surface area (Å²) in [5.41, 5.74) is 2.40. The third-order valence-corrected chi connectivity index (χ3v) is 3.82. The number of halogens is 1. The molecule has 3 rings (SSSR count). The first kappa shape index (κ1) is 13.8. The minimum atomic E-state index is 0.555. The van der Waals surface area contributed by atoms with Crippen LogP contribution in [0.15, 0.2) is 48.8 Å². The van der Waals surface area contributed by atoms with E-state index >= 15 is 0 Å². The van der Waals surface area contributed by atoms with E-state index in [4.69, 9.17) is 16.3 Å². The molecule has 0 radical (unpaired) electrons. The van der Waals surface area contributed by atoms with E-state index in [1.165, 1.54) is 16.5 Å². The Kier molecular flexibility index (Phi) is 4.02. The Morgan fingerprint density at radius 1 is 1.05 bits per heavy atom. The average molecular weight is 299 g/mol. The Balaban J connectivity index is 1.87. The van der Waals surface area contributed by atoms with Gasteiger partial charge >= 0.3 is 0 Å². The topological polar surface area (TPSA) is 35.0 Å². The Morgan fingerprint density at radius 3 is 2.67 bits per heavy atom. The van der Waals surface area contributed by atoms with Crippen LogP contribution in [0.3, 0.4) is 0 Å². The number of hydrogen-bond acceptors (Lipinski definition) is 3. The third kappa shape index (κ3) is 2.98. The van der Waals surface area contributed by atoms with Gasteiger partial charge in [0.15, 0.2) is 0 Å². The molecule has 0 spiro atoms. The largest absolute Gasteiger partial charge is 0.481 e. The summed E-state index contributed by atoms with van der Waals surface area (Å²) in [5, 5.41) is 2.72. The quantitative estimate of drug-likeness (QED) is 0.681. The van der Waals surface area contributed by atoms with Crippen LogP contribution in [-0.4, -0.2) is 17.1 Å². The van der Waals surface area contributed by atoms with Crippen LogP contribution in [0.5, 0.6) is 5.88 Å².